The first-order valence-electron chi connectivity index (χ1n) is 4.84. The lowest BCUT2D eigenvalue weighted by molar-refractivity contribution is 0.140. The van der Waals surface area contributed by atoms with E-state index in [1.54, 1.807) is 7.11 Å². The number of hydrogen-bond donors (Lipinski definition) is 2. The molecule has 0 saturated carbocycles. The summed E-state index contributed by atoms with van der Waals surface area (Å²) in [7, 11) is 1.72. The molecule has 5 heteroatoms. The summed E-state index contributed by atoms with van der Waals surface area (Å²) in [6, 6.07) is 0. The SMILES string of the molecule is COCCN1CCc2[nH]nc(N)c2C1. The predicted molar refractivity (Wildman–Crippen MR) is 53.9 cm³/mol. The third-order valence-corrected chi connectivity index (χ3v) is 2.66. The Kier molecular flexibility index (Phi) is 2.69. The van der Waals surface area contributed by atoms with E-state index in [9.17, 15) is 0 Å². The minimum Gasteiger partial charge on any atom is -0.383 e. The van der Waals surface area contributed by atoms with Gasteiger partial charge in [-0.1, -0.05) is 0 Å². The fourth-order valence-electron chi connectivity index (χ4n) is 1.78. The van der Waals surface area contributed by atoms with Gasteiger partial charge in [-0.05, 0) is 0 Å². The highest BCUT2D eigenvalue weighted by Crippen LogP contribution is 2.20. The van der Waals surface area contributed by atoms with Gasteiger partial charge in [0.2, 0.25) is 0 Å². The van der Waals surface area contributed by atoms with E-state index in [1.165, 1.54) is 5.69 Å². The van der Waals surface area contributed by atoms with Crippen molar-refractivity contribution in [3.8, 4) is 0 Å². The summed E-state index contributed by atoms with van der Waals surface area (Å²) >= 11 is 0. The van der Waals surface area contributed by atoms with Crippen molar-refractivity contribution in [3.63, 3.8) is 0 Å². The number of aromatic nitrogens is 2. The van der Waals surface area contributed by atoms with Crippen LogP contribution in [0.3, 0.4) is 0 Å². The number of nitrogens with zero attached hydrogens (tertiary/aromatic N) is 2. The van der Waals surface area contributed by atoms with Gasteiger partial charge in [-0.25, -0.2) is 0 Å². The van der Waals surface area contributed by atoms with E-state index < -0.39 is 0 Å². The number of nitrogen functional groups attached to an aromatic ring is 1. The standard InChI is InChI=1S/C9H16N4O/c1-14-5-4-13-3-2-8-7(6-13)9(10)12-11-8/h2-6H2,1H3,(H3,10,11,12). The molecule has 1 aromatic rings. The highest BCUT2D eigenvalue weighted by atomic mass is 16.5. The maximum Gasteiger partial charge on any atom is 0.149 e. The molecule has 0 amide bonds. The van der Waals surface area contributed by atoms with Crippen LogP contribution in [0.15, 0.2) is 0 Å². The van der Waals surface area contributed by atoms with Crippen LogP contribution in [0, 0.1) is 0 Å². The van der Waals surface area contributed by atoms with E-state index in [0.29, 0.717) is 5.82 Å². The van der Waals surface area contributed by atoms with Crippen molar-refractivity contribution in [2.45, 2.75) is 13.0 Å². The largest absolute Gasteiger partial charge is 0.383 e. The molecule has 0 bridgehead atoms. The van der Waals surface area contributed by atoms with Crippen molar-refractivity contribution >= 4 is 5.82 Å². The molecule has 1 aromatic heterocycles. The Balaban J connectivity index is 2.01. The first kappa shape index (κ1) is 9.48. The fourth-order valence-corrected chi connectivity index (χ4v) is 1.78. The zero-order valence-corrected chi connectivity index (χ0v) is 8.42. The Hall–Kier alpha value is -1.07. The lowest BCUT2D eigenvalue weighted by Gasteiger charge is -2.26. The molecule has 0 unspecified atom stereocenters. The maximum absolute atomic E-state index is 5.75. The van der Waals surface area contributed by atoms with Gasteiger partial charge in [0.25, 0.3) is 0 Å². The van der Waals surface area contributed by atoms with Gasteiger partial charge < -0.3 is 10.5 Å². The number of nitrogens with two attached hydrogens (primary N) is 1. The Labute approximate surface area is 83.2 Å². The normalized spacial score (nSPS) is 16.9. The number of rotatable bonds is 3. The van der Waals surface area contributed by atoms with Crippen LogP contribution < -0.4 is 5.73 Å². The van der Waals surface area contributed by atoms with E-state index in [-0.39, 0.29) is 0 Å². The van der Waals surface area contributed by atoms with Gasteiger partial charge in [0.1, 0.15) is 5.82 Å². The van der Waals surface area contributed by atoms with Gasteiger partial charge in [-0.3, -0.25) is 10.00 Å². The van der Waals surface area contributed by atoms with Gasteiger partial charge in [0.15, 0.2) is 0 Å². The second-order valence-electron chi connectivity index (χ2n) is 3.58. The van der Waals surface area contributed by atoms with Crippen LogP contribution in [0.1, 0.15) is 11.3 Å². The van der Waals surface area contributed by atoms with Crippen LogP contribution >= 0.6 is 0 Å². The Morgan fingerprint density at radius 3 is 3.29 bits per heavy atom. The summed E-state index contributed by atoms with van der Waals surface area (Å²) in [4.78, 5) is 2.33. The molecule has 0 atom stereocenters. The number of ether oxygens (including phenoxy) is 1. The molecule has 3 N–H and O–H groups in total. The third kappa shape index (κ3) is 1.73. The Morgan fingerprint density at radius 2 is 2.50 bits per heavy atom. The number of methoxy groups -OCH3 is 1. The van der Waals surface area contributed by atoms with Gasteiger partial charge in [0, 0.05) is 44.4 Å². The van der Waals surface area contributed by atoms with Crippen LogP contribution in [-0.4, -0.2) is 41.9 Å². The average Bonchev–Trinajstić information content (AvgIpc) is 2.57. The van der Waals surface area contributed by atoms with Gasteiger partial charge in [-0.15, -0.1) is 0 Å². The topological polar surface area (TPSA) is 67.2 Å². The molecular weight excluding hydrogens is 180 g/mol. The highest BCUT2D eigenvalue weighted by Gasteiger charge is 2.20. The molecule has 1 aliphatic rings. The lowest BCUT2D eigenvalue weighted by atomic mass is 10.1. The van der Waals surface area contributed by atoms with Crippen molar-refractivity contribution in [1.82, 2.24) is 15.1 Å². The molecule has 0 saturated heterocycles. The number of nitrogens with one attached hydrogen (secondary N) is 1. The molecule has 78 valence electrons. The van der Waals surface area contributed by atoms with E-state index >= 15 is 0 Å². The molecule has 2 rings (SSSR count). The first-order chi connectivity index (χ1) is 6.81. The third-order valence-electron chi connectivity index (χ3n) is 2.66. The summed E-state index contributed by atoms with van der Waals surface area (Å²) in [5, 5.41) is 6.98. The summed E-state index contributed by atoms with van der Waals surface area (Å²) in [6.07, 6.45) is 1.00. The molecule has 0 fully saturated rings. The molecule has 0 aromatic carbocycles. The van der Waals surface area contributed by atoms with Crippen molar-refractivity contribution in [1.29, 1.82) is 0 Å². The zero-order chi connectivity index (χ0) is 9.97. The van der Waals surface area contributed by atoms with Crippen LogP contribution in [0.25, 0.3) is 0 Å². The summed E-state index contributed by atoms with van der Waals surface area (Å²) in [6.45, 7) is 3.67. The fraction of sp³-hybridized carbons (Fsp3) is 0.667. The van der Waals surface area contributed by atoms with Crippen LogP contribution in [0.2, 0.25) is 0 Å². The Morgan fingerprint density at radius 1 is 1.64 bits per heavy atom. The molecule has 14 heavy (non-hydrogen) atoms. The quantitative estimate of drug-likeness (QED) is 0.714. The molecule has 2 heterocycles. The van der Waals surface area contributed by atoms with Crippen LogP contribution in [0.5, 0.6) is 0 Å². The van der Waals surface area contributed by atoms with Crippen LogP contribution in [-0.2, 0) is 17.7 Å². The smallest absolute Gasteiger partial charge is 0.149 e. The number of H-pyrrole nitrogens is 1. The van der Waals surface area contributed by atoms with E-state index in [0.717, 1.165) is 38.2 Å². The minimum atomic E-state index is 0.641. The zero-order valence-electron chi connectivity index (χ0n) is 8.42. The van der Waals surface area contributed by atoms with E-state index in [4.69, 9.17) is 10.5 Å². The molecule has 0 spiro atoms. The van der Waals surface area contributed by atoms with Crippen molar-refractivity contribution in [2.75, 3.05) is 32.5 Å². The van der Waals surface area contributed by atoms with Crippen molar-refractivity contribution in [2.24, 2.45) is 0 Å². The van der Waals surface area contributed by atoms with E-state index in [2.05, 4.69) is 15.1 Å². The van der Waals surface area contributed by atoms with Crippen molar-refractivity contribution < 1.29 is 4.74 Å². The van der Waals surface area contributed by atoms with Gasteiger partial charge >= 0.3 is 0 Å². The molecular formula is C9H16N4O. The predicted octanol–water partition coefficient (Wildman–Crippen LogP) is -0.00360. The highest BCUT2D eigenvalue weighted by molar-refractivity contribution is 5.42. The number of aromatic amines is 1. The summed E-state index contributed by atoms with van der Waals surface area (Å²) in [5.41, 5.74) is 8.10. The van der Waals surface area contributed by atoms with Crippen LogP contribution in [0.4, 0.5) is 5.82 Å². The average molecular weight is 196 g/mol. The maximum atomic E-state index is 5.75. The second kappa shape index (κ2) is 3.98. The summed E-state index contributed by atoms with van der Waals surface area (Å²) < 4.78 is 5.05. The number of anilines is 1. The van der Waals surface area contributed by atoms with Gasteiger partial charge in [0.05, 0.1) is 6.61 Å². The molecule has 1 aliphatic heterocycles. The second-order valence-corrected chi connectivity index (χ2v) is 3.58. The molecule has 0 aliphatic carbocycles. The number of fused-ring (bicyclic) bond motifs is 1. The van der Waals surface area contributed by atoms with Gasteiger partial charge in [-0.2, -0.15) is 5.10 Å². The Bertz CT molecular complexity index is 310. The van der Waals surface area contributed by atoms with E-state index in [1.807, 2.05) is 0 Å². The monoisotopic (exact) mass is 196 g/mol. The lowest BCUT2D eigenvalue weighted by Crippen LogP contribution is -2.33. The minimum absolute atomic E-state index is 0.641. The summed E-state index contributed by atoms with van der Waals surface area (Å²) in [5.74, 6) is 0.641. The number of hydrogen-bond acceptors (Lipinski definition) is 4. The van der Waals surface area contributed by atoms with Crippen molar-refractivity contribution in [3.05, 3.63) is 11.3 Å². The molecule has 0 radical (unpaired) electrons. The first-order valence-corrected chi connectivity index (χ1v) is 4.84. The molecule has 5 nitrogen and oxygen atoms in total.